The van der Waals surface area contributed by atoms with Gasteiger partial charge in [0.05, 0.1) is 7.11 Å². The van der Waals surface area contributed by atoms with Gasteiger partial charge in [0, 0.05) is 23.6 Å². The van der Waals surface area contributed by atoms with Crippen LogP contribution < -0.4 is 4.74 Å². The quantitative estimate of drug-likeness (QED) is 0.505. The minimum Gasteiger partial charge on any atom is -0.507 e. The molecule has 3 rings (SSSR count). The molecule has 0 saturated carbocycles. The first-order valence-corrected chi connectivity index (χ1v) is 9.38. The van der Waals surface area contributed by atoms with Gasteiger partial charge in [-0.2, -0.15) is 0 Å². The van der Waals surface area contributed by atoms with Gasteiger partial charge in [0.2, 0.25) is 0 Å². The van der Waals surface area contributed by atoms with Crippen molar-refractivity contribution >= 4 is 11.8 Å². The highest BCUT2D eigenvalue weighted by atomic mass is 16.6. The van der Waals surface area contributed by atoms with Crippen LogP contribution in [0.1, 0.15) is 36.2 Å². The van der Waals surface area contributed by atoms with E-state index in [1.54, 1.807) is 18.2 Å². The van der Waals surface area contributed by atoms with E-state index < -0.39 is 29.2 Å². The van der Waals surface area contributed by atoms with Crippen molar-refractivity contribution in [1.29, 1.82) is 0 Å². The van der Waals surface area contributed by atoms with Crippen LogP contribution in [-0.2, 0) is 14.3 Å². The van der Waals surface area contributed by atoms with Gasteiger partial charge in [0.1, 0.15) is 29.8 Å². The van der Waals surface area contributed by atoms with Crippen LogP contribution in [0, 0.1) is 6.92 Å². The number of esters is 1. The molecule has 1 aliphatic heterocycles. The second-order valence-corrected chi connectivity index (χ2v) is 7.36. The maximum Gasteiger partial charge on any atom is 0.342 e. The Morgan fingerprint density at radius 3 is 2.70 bits per heavy atom. The summed E-state index contributed by atoms with van der Waals surface area (Å²) in [4.78, 5) is 25.6. The third-order valence-electron chi connectivity index (χ3n) is 5.35. The first kappa shape index (κ1) is 21.4. The molecule has 0 saturated heterocycles. The number of rotatable bonds is 4. The molecule has 2 atom stereocenters. The highest BCUT2D eigenvalue weighted by Gasteiger charge is 2.48. The SMILES string of the molecule is CC=CC1=CC2=C(CO1)C(=O)C(C)(O)C(OC(=O)c1c(O)cc(OC)c(O)c1C)C2. The Hall–Kier alpha value is -3.26. The van der Waals surface area contributed by atoms with Crippen molar-refractivity contribution in [1.82, 2.24) is 0 Å². The summed E-state index contributed by atoms with van der Waals surface area (Å²) in [6.45, 7) is 4.55. The highest BCUT2D eigenvalue weighted by Crippen LogP contribution is 2.40. The second-order valence-electron chi connectivity index (χ2n) is 7.36. The molecule has 0 amide bonds. The van der Waals surface area contributed by atoms with E-state index in [4.69, 9.17) is 14.2 Å². The summed E-state index contributed by atoms with van der Waals surface area (Å²) in [6, 6.07) is 1.09. The van der Waals surface area contributed by atoms with E-state index in [-0.39, 0.29) is 35.7 Å². The van der Waals surface area contributed by atoms with E-state index in [0.717, 1.165) is 6.07 Å². The van der Waals surface area contributed by atoms with E-state index in [1.807, 2.05) is 6.92 Å². The largest absolute Gasteiger partial charge is 0.507 e. The molecule has 2 unspecified atom stereocenters. The van der Waals surface area contributed by atoms with Crippen LogP contribution >= 0.6 is 0 Å². The van der Waals surface area contributed by atoms with Crippen molar-refractivity contribution < 1.29 is 39.1 Å². The first-order valence-electron chi connectivity index (χ1n) is 9.38. The third kappa shape index (κ3) is 3.54. The number of phenolic OH excluding ortho intramolecular Hbond substituents is 2. The second kappa shape index (κ2) is 7.87. The average molecular weight is 416 g/mol. The minimum atomic E-state index is -1.97. The lowest BCUT2D eigenvalue weighted by atomic mass is 9.77. The van der Waals surface area contributed by atoms with Crippen LogP contribution in [0.5, 0.6) is 17.2 Å². The monoisotopic (exact) mass is 416 g/mol. The molecule has 1 aromatic carbocycles. The number of carbonyl (C=O) groups excluding carboxylic acids is 2. The van der Waals surface area contributed by atoms with Crippen LogP contribution in [-0.4, -0.2) is 52.5 Å². The number of phenols is 2. The number of hydrogen-bond acceptors (Lipinski definition) is 8. The van der Waals surface area contributed by atoms with Gasteiger partial charge in [-0.05, 0) is 38.5 Å². The number of allylic oxidation sites excluding steroid dienone is 3. The van der Waals surface area contributed by atoms with Crippen LogP contribution in [0.25, 0.3) is 0 Å². The maximum absolute atomic E-state index is 12.8. The Labute approximate surface area is 173 Å². The Kier molecular flexibility index (Phi) is 5.63. The van der Waals surface area contributed by atoms with Crippen molar-refractivity contribution in [3.05, 3.63) is 52.3 Å². The number of aliphatic hydroxyl groups is 1. The standard InChI is InChI=1S/C22H24O8/c1-5-6-13-7-12-8-17(22(3,27)20(25)14(12)10-29-13)30-21(26)18-11(2)19(24)16(28-4)9-15(18)23/h5-7,9,17,23-24,27H,8,10H2,1-4H3. The minimum absolute atomic E-state index is 0.0000363. The lowest BCUT2D eigenvalue weighted by molar-refractivity contribution is -0.146. The summed E-state index contributed by atoms with van der Waals surface area (Å²) >= 11 is 0. The molecule has 0 radical (unpaired) electrons. The smallest absolute Gasteiger partial charge is 0.342 e. The number of benzene rings is 1. The van der Waals surface area contributed by atoms with E-state index >= 15 is 0 Å². The number of aromatic hydroxyl groups is 2. The Bertz CT molecular complexity index is 997. The molecule has 30 heavy (non-hydrogen) atoms. The molecule has 8 nitrogen and oxygen atoms in total. The molecule has 1 heterocycles. The molecule has 160 valence electrons. The predicted molar refractivity (Wildman–Crippen MR) is 106 cm³/mol. The van der Waals surface area contributed by atoms with E-state index in [1.165, 1.54) is 21.0 Å². The molecule has 0 spiro atoms. The summed E-state index contributed by atoms with van der Waals surface area (Å²) < 4.78 is 15.9. The third-order valence-corrected chi connectivity index (χ3v) is 5.35. The van der Waals surface area contributed by atoms with Crippen LogP contribution in [0.15, 0.2) is 41.2 Å². The number of ketones is 1. The van der Waals surface area contributed by atoms with Crippen LogP contribution in [0.3, 0.4) is 0 Å². The zero-order valence-corrected chi connectivity index (χ0v) is 17.2. The van der Waals surface area contributed by atoms with Crippen molar-refractivity contribution in [3.8, 4) is 17.2 Å². The zero-order valence-electron chi connectivity index (χ0n) is 17.2. The predicted octanol–water partition coefficient (Wildman–Crippen LogP) is 2.45. The maximum atomic E-state index is 12.8. The van der Waals surface area contributed by atoms with Crippen molar-refractivity contribution in [2.75, 3.05) is 13.7 Å². The van der Waals surface area contributed by atoms with Gasteiger partial charge in [0.25, 0.3) is 0 Å². The molecule has 0 bridgehead atoms. The topological polar surface area (TPSA) is 123 Å². The molecule has 1 aromatic rings. The van der Waals surface area contributed by atoms with Gasteiger partial charge in [-0.3, -0.25) is 4.79 Å². The van der Waals surface area contributed by atoms with Crippen molar-refractivity contribution in [2.45, 2.75) is 38.9 Å². The lowest BCUT2D eigenvalue weighted by Crippen LogP contribution is -2.53. The molecule has 2 aliphatic rings. The molecule has 1 aliphatic carbocycles. The molecular weight excluding hydrogens is 392 g/mol. The van der Waals surface area contributed by atoms with E-state index in [2.05, 4.69) is 0 Å². The van der Waals surface area contributed by atoms with Gasteiger partial charge in [-0.25, -0.2) is 4.79 Å². The van der Waals surface area contributed by atoms with Gasteiger partial charge >= 0.3 is 5.97 Å². The van der Waals surface area contributed by atoms with Crippen molar-refractivity contribution in [3.63, 3.8) is 0 Å². The number of hydrogen-bond donors (Lipinski definition) is 3. The normalized spacial score (nSPS) is 23.7. The number of Topliss-reactive ketones (excluding diaryl/α,β-unsaturated/α-hetero) is 1. The molecule has 0 fully saturated rings. The summed E-state index contributed by atoms with van der Waals surface area (Å²) in [7, 11) is 1.31. The van der Waals surface area contributed by atoms with Gasteiger partial charge in [-0.15, -0.1) is 0 Å². The number of carbonyl (C=O) groups is 2. The Morgan fingerprint density at radius 1 is 1.37 bits per heavy atom. The van der Waals surface area contributed by atoms with Gasteiger partial charge in [0.15, 0.2) is 22.9 Å². The summed E-state index contributed by atoms with van der Waals surface area (Å²) in [6.07, 6.45) is 4.10. The first-order chi connectivity index (χ1) is 14.1. The fraction of sp³-hybridized carbons (Fsp3) is 0.364. The van der Waals surface area contributed by atoms with E-state index in [0.29, 0.717) is 16.9 Å². The summed E-state index contributed by atoms with van der Waals surface area (Å²) in [5, 5.41) is 31.2. The Balaban J connectivity index is 1.94. The molecule has 0 aromatic heterocycles. The fourth-order valence-corrected chi connectivity index (χ4v) is 3.57. The zero-order chi connectivity index (χ0) is 22.2. The van der Waals surface area contributed by atoms with E-state index in [9.17, 15) is 24.9 Å². The van der Waals surface area contributed by atoms with Crippen LogP contribution in [0.2, 0.25) is 0 Å². The lowest BCUT2D eigenvalue weighted by Gasteiger charge is -2.38. The summed E-state index contributed by atoms with van der Waals surface area (Å²) in [5.41, 5.74) is -1.24. The molecule has 8 heteroatoms. The van der Waals surface area contributed by atoms with Gasteiger partial charge < -0.3 is 29.5 Å². The average Bonchev–Trinajstić information content (AvgIpc) is 2.69. The Morgan fingerprint density at radius 2 is 2.07 bits per heavy atom. The number of ether oxygens (including phenoxy) is 3. The van der Waals surface area contributed by atoms with Crippen molar-refractivity contribution in [2.24, 2.45) is 0 Å². The summed E-state index contributed by atoms with van der Waals surface area (Å²) in [5.74, 6) is -1.77. The fourth-order valence-electron chi connectivity index (χ4n) is 3.57. The van der Waals surface area contributed by atoms with Crippen LogP contribution in [0.4, 0.5) is 0 Å². The molecule has 3 N–H and O–H groups in total. The molecular formula is C22H24O8. The highest BCUT2D eigenvalue weighted by molar-refractivity contribution is 6.05. The van der Waals surface area contributed by atoms with Gasteiger partial charge in [-0.1, -0.05) is 6.08 Å². The number of methoxy groups -OCH3 is 1.